The number of thioether (sulfide) groups is 1. The van der Waals surface area contributed by atoms with Crippen molar-refractivity contribution in [2.45, 2.75) is 93.1 Å². The van der Waals surface area contributed by atoms with Crippen LogP contribution in [0.1, 0.15) is 98.3 Å². The molecule has 0 saturated heterocycles. The molecule has 2 aliphatic heterocycles. The van der Waals surface area contributed by atoms with Gasteiger partial charge in [0.2, 0.25) is 5.66 Å². The van der Waals surface area contributed by atoms with Crippen LogP contribution in [-0.4, -0.2) is 70.5 Å². The third-order valence-corrected chi connectivity index (χ3v) is 10.8. The van der Waals surface area contributed by atoms with Crippen molar-refractivity contribution < 1.29 is 29.7 Å². The van der Waals surface area contributed by atoms with Gasteiger partial charge in [-0.2, -0.15) is 0 Å². The molecular weight excluding hydrogens is 644 g/mol. The van der Waals surface area contributed by atoms with Gasteiger partial charge in [-0.05, 0) is 56.9 Å². The van der Waals surface area contributed by atoms with Gasteiger partial charge in [0.05, 0.1) is 28.9 Å². The Morgan fingerprint density at radius 2 is 1.57 bits per heavy atom. The van der Waals surface area contributed by atoms with Crippen LogP contribution in [0.5, 0.6) is 0 Å². The fourth-order valence-corrected chi connectivity index (χ4v) is 8.46. The number of carboxylic acids is 3. The van der Waals surface area contributed by atoms with E-state index in [9.17, 15) is 24.6 Å². The highest BCUT2D eigenvalue weighted by Crippen LogP contribution is 2.46. The quantitative estimate of drug-likeness (QED) is 0.206. The van der Waals surface area contributed by atoms with Crippen molar-refractivity contribution in [1.82, 2.24) is 19.9 Å². The molecule has 2 saturated carbocycles. The highest BCUT2D eigenvalue weighted by molar-refractivity contribution is 8.00. The highest BCUT2D eigenvalue weighted by atomic mass is 32.2. The van der Waals surface area contributed by atoms with Gasteiger partial charge in [-0.15, -0.1) is 0 Å². The molecule has 2 fully saturated rings. The lowest BCUT2D eigenvalue weighted by atomic mass is 9.80. The number of nitrogens with zero attached hydrogens (tertiary/aromatic N) is 5. The van der Waals surface area contributed by atoms with Crippen LogP contribution < -0.4 is 5.32 Å². The van der Waals surface area contributed by atoms with E-state index in [4.69, 9.17) is 10.1 Å². The number of hydrogen-bond acceptors (Lipinski definition) is 10. The summed E-state index contributed by atoms with van der Waals surface area (Å²) in [5.41, 5.74) is 1.49. The lowest BCUT2D eigenvalue weighted by Crippen LogP contribution is -2.58. The number of pyridine rings is 1. The van der Waals surface area contributed by atoms with Gasteiger partial charge in [-0.25, -0.2) is 19.4 Å². The van der Waals surface area contributed by atoms with Gasteiger partial charge in [0.1, 0.15) is 16.6 Å². The summed E-state index contributed by atoms with van der Waals surface area (Å²) < 4.78 is 0. The van der Waals surface area contributed by atoms with Gasteiger partial charge < -0.3 is 25.5 Å². The average molecular weight is 685 g/mol. The van der Waals surface area contributed by atoms with Crippen LogP contribution in [0.25, 0.3) is 5.70 Å². The van der Waals surface area contributed by atoms with E-state index >= 15 is 0 Å². The maximum atomic E-state index is 12.7. The van der Waals surface area contributed by atoms with Crippen LogP contribution in [0.4, 0.5) is 5.69 Å². The van der Waals surface area contributed by atoms with Gasteiger partial charge in [0.15, 0.2) is 0 Å². The molecule has 49 heavy (non-hydrogen) atoms. The Hall–Kier alpha value is -4.78. The van der Waals surface area contributed by atoms with E-state index in [1.165, 1.54) is 18.6 Å². The molecule has 3 aromatic rings. The molecule has 0 radical (unpaired) electrons. The molecule has 1 aromatic carbocycles. The summed E-state index contributed by atoms with van der Waals surface area (Å²) in [5, 5.41) is 33.0. The number of anilines is 1. The molecule has 256 valence electrons. The number of carbonyl (C=O) groups is 3. The van der Waals surface area contributed by atoms with Gasteiger partial charge >= 0.3 is 17.9 Å². The number of nitrogens with one attached hydrogen (secondary N) is 1. The fourth-order valence-electron chi connectivity index (χ4n) is 7.30. The third kappa shape index (κ3) is 7.03. The van der Waals surface area contributed by atoms with Crippen LogP contribution in [-0.2, 0) is 9.59 Å². The summed E-state index contributed by atoms with van der Waals surface area (Å²) in [6.45, 7) is 1.60. The second kappa shape index (κ2) is 14.8. The first-order chi connectivity index (χ1) is 23.7. The summed E-state index contributed by atoms with van der Waals surface area (Å²) >= 11 is 1.58. The van der Waals surface area contributed by atoms with Crippen LogP contribution in [0.15, 0.2) is 76.6 Å². The van der Waals surface area contributed by atoms with Crippen molar-refractivity contribution in [3.05, 3.63) is 83.7 Å². The zero-order chi connectivity index (χ0) is 34.5. The van der Waals surface area contributed by atoms with Crippen molar-refractivity contribution in [3.8, 4) is 0 Å². The van der Waals surface area contributed by atoms with Crippen molar-refractivity contribution in [2.75, 3.05) is 5.32 Å². The zero-order valence-corrected chi connectivity index (χ0v) is 28.1. The Morgan fingerprint density at radius 1 is 0.857 bits per heavy atom. The maximum Gasteiger partial charge on any atom is 0.352 e. The number of carboxylic acid groups (broad SMARTS) is 3. The minimum Gasteiger partial charge on any atom is -0.478 e. The molecule has 2 aliphatic carbocycles. The summed E-state index contributed by atoms with van der Waals surface area (Å²) in [6, 6.07) is 11.0. The van der Waals surface area contributed by atoms with Crippen molar-refractivity contribution >= 4 is 46.8 Å². The number of aliphatic carboxylic acids is 2. The van der Waals surface area contributed by atoms with E-state index in [1.54, 1.807) is 41.9 Å². The number of benzene rings is 1. The third-order valence-electron chi connectivity index (χ3n) is 9.63. The normalized spacial score (nSPS) is 22.7. The van der Waals surface area contributed by atoms with Crippen LogP contribution in [0.2, 0.25) is 0 Å². The standard InChI is InChI=1S/C23H30N4O4.C13H10N2O2S/c1-23(22(30)31)26-19(15-8-4-2-5-9-15)18(21(28)29)20(17-14-24-12-13-25-17)27(23)16-10-6-3-7-11-16;16-13(17)8-4-3-7-14-11(8)12-15-9-5-1-2-6-10(9)18-12/h12-16H,2-11H2,1H3,(H,28,29)(H,30,31);1-7,12,15H,(H,16,17). The largest absolute Gasteiger partial charge is 0.478 e. The van der Waals surface area contributed by atoms with E-state index in [0.29, 0.717) is 22.8 Å². The monoisotopic (exact) mass is 684 g/mol. The van der Waals surface area contributed by atoms with Crippen molar-refractivity contribution in [1.29, 1.82) is 0 Å². The summed E-state index contributed by atoms with van der Waals surface area (Å²) in [4.78, 5) is 56.8. The lowest BCUT2D eigenvalue weighted by Gasteiger charge is -2.48. The van der Waals surface area contributed by atoms with Crippen LogP contribution >= 0.6 is 11.8 Å². The topological polar surface area (TPSA) is 178 Å². The Balaban J connectivity index is 0.000000195. The maximum absolute atomic E-state index is 12.7. The number of hydrogen-bond donors (Lipinski definition) is 4. The van der Waals surface area contributed by atoms with Crippen molar-refractivity contribution in [3.63, 3.8) is 0 Å². The molecule has 7 rings (SSSR count). The molecule has 4 N–H and O–H groups in total. The first-order valence-electron chi connectivity index (χ1n) is 16.8. The Bertz CT molecular complexity index is 1750. The van der Waals surface area contributed by atoms with Crippen LogP contribution in [0, 0.1) is 5.92 Å². The number of aromatic carboxylic acids is 1. The van der Waals surface area contributed by atoms with Crippen molar-refractivity contribution in [2.24, 2.45) is 10.9 Å². The van der Waals surface area contributed by atoms with Gasteiger partial charge in [0, 0.05) is 41.1 Å². The summed E-state index contributed by atoms with van der Waals surface area (Å²) in [7, 11) is 0. The molecule has 2 atom stereocenters. The number of para-hydroxylation sites is 1. The van der Waals surface area contributed by atoms with Gasteiger partial charge in [-0.3, -0.25) is 15.0 Å². The molecule has 0 amide bonds. The average Bonchev–Trinajstić information content (AvgIpc) is 3.57. The Kier molecular flexibility index (Phi) is 10.3. The molecule has 12 nitrogen and oxygen atoms in total. The number of aliphatic imine (C=N–C) groups is 1. The SMILES string of the molecule is CC1(C(=O)O)N=C(C2CCCCC2)C(C(=O)O)=C(c2cnccn2)N1C1CCCCC1.O=C(O)c1cccnc1C1Nc2ccccc2S1. The molecule has 13 heteroatoms. The smallest absolute Gasteiger partial charge is 0.352 e. The molecule has 2 unspecified atom stereocenters. The second-order valence-electron chi connectivity index (χ2n) is 12.8. The Morgan fingerprint density at radius 3 is 2.20 bits per heavy atom. The first kappa shape index (κ1) is 34.1. The zero-order valence-electron chi connectivity index (χ0n) is 27.3. The predicted octanol–water partition coefficient (Wildman–Crippen LogP) is 6.74. The van der Waals surface area contributed by atoms with Crippen LogP contribution in [0.3, 0.4) is 0 Å². The highest BCUT2D eigenvalue weighted by Gasteiger charge is 2.51. The van der Waals surface area contributed by atoms with E-state index in [2.05, 4.69) is 20.3 Å². The number of fused-ring (bicyclic) bond motifs is 1. The molecule has 4 heterocycles. The summed E-state index contributed by atoms with van der Waals surface area (Å²) in [5.74, 6) is -3.16. The molecule has 2 aromatic heterocycles. The van der Waals surface area contributed by atoms with E-state index < -0.39 is 23.6 Å². The molecular formula is C36H40N6O6S. The minimum atomic E-state index is -1.58. The van der Waals surface area contributed by atoms with E-state index in [1.807, 2.05) is 24.3 Å². The lowest BCUT2D eigenvalue weighted by molar-refractivity contribution is -0.150. The predicted molar refractivity (Wildman–Crippen MR) is 185 cm³/mol. The molecule has 4 aliphatic rings. The number of aromatic nitrogens is 3. The second-order valence-corrected chi connectivity index (χ2v) is 14.0. The van der Waals surface area contributed by atoms with E-state index in [-0.39, 0.29) is 28.5 Å². The minimum absolute atomic E-state index is 0.0568. The fraction of sp³-hybridized carbons (Fsp3) is 0.417. The number of rotatable bonds is 7. The Labute approximate surface area is 288 Å². The summed E-state index contributed by atoms with van der Waals surface area (Å²) in [6.07, 6.45) is 15.6. The molecule has 0 bridgehead atoms. The first-order valence-corrected chi connectivity index (χ1v) is 17.6. The van der Waals surface area contributed by atoms with E-state index in [0.717, 1.165) is 74.8 Å². The van der Waals surface area contributed by atoms with Gasteiger partial charge in [-0.1, -0.05) is 62.4 Å². The molecule has 0 spiro atoms. The van der Waals surface area contributed by atoms with Gasteiger partial charge in [0.25, 0.3) is 0 Å².